The molecule has 16 heteroatoms. The van der Waals surface area contributed by atoms with Crippen molar-refractivity contribution >= 4 is 11.9 Å². The maximum atomic E-state index is 10.7. The molecule has 2 fully saturated rings. The van der Waals surface area contributed by atoms with Gasteiger partial charge in [-0.25, -0.2) is 0 Å². The van der Waals surface area contributed by atoms with Crippen molar-refractivity contribution in [3.05, 3.63) is 0 Å². The van der Waals surface area contributed by atoms with Crippen LogP contribution in [0.4, 0.5) is 0 Å². The smallest absolute Gasteiger partial charge is 0.548 e. The quantitative estimate of drug-likeness (QED) is 0.114. The Balaban J connectivity index is 0.00000760. The molecule has 2 aliphatic heterocycles. The molecule has 2 aliphatic rings. The maximum Gasteiger partial charge on any atom is 1.00 e. The Morgan fingerprint density at radius 3 is 1.50 bits per heavy atom. The molecule has 2 rings (SSSR count). The minimum Gasteiger partial charge on any atom is -0.548 e. The molecule has 4 N–H and O–H groups in total. The number of carbonyl (C=O) groups excluding carboxylic acids is 2. The molecular weight excluding hydrogens is 558 g/mol. The van der Waals surface area contributed by atoms with Gasteiger partial charge >= 0.3 is 59.1 Å². The van der Waals surface area contributed by atoms with Crippen LogP contribution < -0.4 is 69.3 Å². The largest absolute Gasteiger partial charge is 1.00 e. The number of carbonyl (C=O) groups is 2. The van der Waals surface area contributed by atoms with Crippen LogP contribution in [0.5, 0.6) is 0 Å². The number of rotatable bonds is 17. The number of aliphatic carboxylic acids is 2. The summed E-state index contributed by atoms with van der Waals surface area (Å²) in [6, 6.07) is 0. The van der Waals surface area contributed by atoms with Gasteiger partial charge in [0.1, 0.15) is 18.3 Å². The van der Waals surface area contributed by atoms with Gasteiger partial charge in [-0.3, -0.25) is 0 Å². The molecule has 40 heavy (non-hydrogen) atoms. The number of aliphatic hydroxyl groups excluding tert-OH is 4. The van der Waals surface area contributed by atoms with Gasteiger partial charge < -0.3 is 68.6 Å². The summed E-state index contributed by atoms with van der Waals surface area (Å²) < 4.78 is 33.0. The molecule has 0 aliphatic carbocycles. The van der Waals surface area contributed by atoms with E-state index in [4.69, 9.17) is 28.4 Å². The van der Waals surface area contributed by atoms with Crippen LogP contribution in [-0.4, -0.2) is 134 Å². The number of ether oxygens (including phenoxy) is 6. The van der Waals surface area contributed by atoms with Crippen LogP contribution in [0, 0.1) is 11.8 Å². The topological polar surface area (TPSA) is 217 Å². The summed E-state index contributed by atoms with van der Waals surface area (Å²) in [5, 5.41) is 64.0. The van der Waals surface area contributed by atoms with E-state index in [1.54, 1.807) is 6.92 Å². The number of hydrogen-bond acceptors (Lipinski definition) is 14. The number of carboxylic acids is 2. The average molecular weight is 599 g/mol. The zero-order chi connectivity index (χ0) is 28.2. The molecule has 0 aromatic carbocycles. The average Bonchev–Trinajstić information content (AvgIpc) is 2.86. The maximum absolute atomic E-state index is 10.7. The van der Waals surface area contributed by atoms with Gasteiger partial charge in [-0.2, -0.15) is 0 Å². The third kappa shape index (κ3) is 12.6. The van der Waals surface area contributed by atoms with Gasteiger partial charge in [-0.1, -0.05) is 13.3 Å². The van der Waals surface area contributed by atoms with Crippen molar-refractivity contribution in [2.75, 3.05) is 52.9 Å². The molecule has 0 bridgehead atoms. The van der Waals surface area contributed by atoms with Crippen molar-refractivity contribution in [1.82, 2.24) is 0 Å². The van der Waals surface area contributed by atoms with Crippen LogP contribution in [0.3, 0.4) is 0 Å². The molecule has 0 radical (unpaired) electrons. The number of aliphatic hydroxyl groups is 4. The van der Waals surface area contributed by atoms with Crippen LogP contribution in [-0.2, 0) is 38.0 Å². The van der Waals surface area contributed by atoms with E-state index < -0.39 is 85.8 Å². The number of hydrogen-bond donors (Lipinski definition) is 4. The Labute approximate surface area is 278 Å². The van der Waals surface area contributed by atoms with Gasteiger partial charge in [0.2, 0.25) is 0 Å². The first kappa shape index (κ1) is 40.5. The van der Waals surface area contributed by atoms with Crippen molar-refractivity contribution in [3.8, 4) is 0 Å². The molecule has 2 heterocycles. The molecule has 222 valence electrons. The minimum atomic E-state index is -1.42. The summed E-state index contributed by atoms with van der Waals surface area (Å²) in [5.74, 6) is -4.34. The van der Waals surface area contributed by atoms with E-state index in [2.05, 4.69) is 0 Å². The normalized spacial score (nSPS) is 34.0. The first-order valence-electron chi connectivity index (χ1n) is 12.8. The molecule has 0 aromatic heterocycles. The number of carboxylic acid groups (broad SMARTS) is 2. The second-order valence-electron chi connectivity index (χ2n) is 9.48. The van der Waals surface area contributed by atoms with Gasteiger partial charge in [-0.15, -0.1) is 0 Å². The van der Waals surface area contributed by atoms with Gasteiger partial charge in [0, 0.05) is 18.4 Å². The van der Waals surface area contributed by atoms with Crippen molar-refractivity contribution in [2.24, 2.45) is 11.8 Å². The fourth-order valence-corrected chi connectivity index (χ4v) is 4.69. The van der Waals surface area contributed by atoms with E-state index in [9.17, 15) is 40.2 Å². The summed E-state index contributed by atoms with van der Waals surface area (Å²) >= 11 is 0. The van der Waals surface area contributed by atoms with Crippen LogP contribution in [0.25, 0.3) is 0 Å². The zero-order valence-corrected chi connectivity index (χ0v) is 27.7. The standard InChI is InChI=1S/C24H42O14.2Na/c1-3-5-15-23(31)21(29)14(16(37-15)8-35-11-19(25)26)7-34-10-18-24(32)22(30)13(6-33-4-2)17(38-18)9-36-12-20(27)28;;/h13-18,21-24,29-32H,3-12H2,1-2H3,(H,25,26)(H,27,28);;/q;2*+1/p-2/t13-,14+,15+,16-,17?,18-,21?,22-,23?,24?;;/m0../s1. The van der Waals surface area contributed by atoms with Gasteiger partial charge in [0.15, 0.2) is 0 Å². The van der Waals surface area contributed by atoms with Crippen molar-refractivity contribution in [1.29, 1.82) is 0 Å². The van der Waals surface area contributed by atoms with E-state index >= 15 is 0 Å². The van der Waals surface area contributed by atoms with Crippen LogP contribution in [0.15, 0.2) is 0 Å². The summed E-state index contributed by atoms with van der Waals surface area (Å²) in [7, 11) is 0. The predicted octanol–water partition coefficient (Wildman–Crippen LogP) is -10.4. The van der Waals surface area contributed by atoms with Crippen molar-refractivity contribution < 1.29 is 128 Å². The second-order valence-corrected chi connectivity index (χ2v) is 9.48. The first-order chi connectivity index (χ1) is 18.1. The molecular formula is C24H40Na2O14. The van der Waals surface area contributed by atoms with E-state index in [0.717, 1.165) is 0 Å². The third-order valence-electron chi connectivity index (χ3n) is 6.68. The molecule has 0 spiro atoms. The Hall–Kier alpha value is 0.540. The van der Waals surface area contributed by atoms with E-state index in [1.807, 2.05) is 6.92 Å². The Morgan fingerprint density at radius 1 is 0.625 bits per heavy atom. The van der Waals surface area contributed by atoms with Gasteiger partial charge in [0.25, 0.3) is 0 Å². The molecule has 0 aromatic rings. The Bertz CT molecular complexity index is 719. The fraction of sp³-hybridized carbons (Fsp3) is 0.917. The van der Waals surface area contributed by atoms with Crippen molar-refractivity contribution in [2.45, 2.75) is 75.5 Å². The predicted molar refractivity (Wildman–Crippen MR) is 122 cm³/mol. The summed E-state index contributed by atoms with van der Waals surface area (Å²) in [6.07, 6.45) is -7.31. The summed E-state index contributed by atoms with van der Waals surface area (Å²) in [4.78, 5) is 21.4. The molecule has 0 saturated carbocycles. The van der Waals surface area contributed by atoms with Gasteiger partial charge in [-0.05, 0) is 13.3 Å². The first-order valence-corrected chi connectivity index (χ1v) is 12.8. The second kappa shape index (κ2) is 21.3. The van der Waals surface area contributed by atoms with Crippen LogP contribution in [0.1, 0.15) is 26.7 Å². The Kier molecular flexibility index (Phi) is 21.6. The monoisotopic (exact) mass is 598 g/mol. The Morgan fingerprint density at radius 2 is 1.05 bits per heavy atom. The SMILES string of the molecule is CCC[C@H]1O[C@@H](COCC(=O)[O-])[C@@H](COC[C@@H]2OC(COCC(=O)[O-])[C@H](COCC)[C@H](O)C2O)C(O)C1O.[Na+].[Na+]. The minimum absolute atomic E-state index is 0. The van der Waals surface area contributed by atoms with E-state index in [0.29, 0.717) is 19.4 Å². The van der Waals surface area contributed by atoms with Gasteiger partial charge in [0.05, 0.1) is 88.7 Å². The molecule has 14 nitrogen and oxygen atoms in total. The van der Waals surface area contributed by atoms with Crippen LogP contribution >= 0.6 is 0 Å². The fourth-order valence-electron chi connectivity index (χ4n) is 4.69. The molecule has 0 amide bonds. The molecule has 4 unspecified atom stereocenters. The van der Waals surface area contributed by atoms with E-state index in [-0.39, 0.29) is 92.1 Å². The summed E-state index contributed by atoms with van der Waals surface area (Å²) in [6.45, 7) is 1.88. The zero-order valence-electron chi connectivity index (χ0n) is 23.7. The molecule has 10 atom stereocenters. The summed E-state index contributed by atoms with van der Waals surface area (Å²) in [5.41, 5.74) is 0. The van der Waals surface area contributed by atoms with E-state index in [1.165, 1.54) is 0 Å². The van der Waals surface area contributed by atoms with Crippen molar-refractivity contribution in [3.63, 3.8) is 0 Å². The third-order valence-corrected chi connectivity index (χ3v) is 6.68. The molecule has 2 saturated heterocycles. The van der Waals surface area contributed by atoms with Crippen LogP contribution in [0.2, 0.25) is 0 Å².